The van der Waals surface area contributed by atoms with Crippen molar-refractivity contribution in [3.63, 3.8) is 0 Å². The number of nitrogens with zero attached hydrogens (tertiary/aromatic N) is 1. The highest BCUT2D eigenvalue weighted by molar-refractivity contribution is 5.88. The van der Waals surface area contributed by atoms with Crippen molar-refractivity contribution in [2.45, 2.75) is 43.7 Å². The van der Waals surface area contributed by atoms with Crippen LogP contribution in [0.25, 0.3) is 0 Å². The van der Waals surface area contributed by atoms with E-state index in [0.717, 1.165) is 18.4 Å². The number of benzene rings is 1. The van der Waals surface area contributed by atoms with Crippen molar-refractivity contribution >= 4 is 11.9 Å². The van der Waals surface area contributed by atoms with Crippen molar-refractivity contribution in [3.8, 4) is 5.75 Å². The Hall–Kier alpha value is -2.08. The molecular formula is C17H21NO5. The largest absolute Gasteiger partial charge is 0.508 e. The van der Waals surface area contributed by atoms with Crippen molar-refractivity contribution in [3.05, 3.63) is 29.8 Å². The van der Waals surface area contributed by atoms with Crippen molar-refractivity contribution in [2.75, 3.05) is 13.2 Å². The van der Waals surface area contributed by atoms with Crippen LogP contribution in [-0.2, 0) is 20.7 Å². The first-order valence-corrected chi connectivity index (χ1v) is 7.95. The van der Waals surface area contributed by atoms with Gasteiger partial charge in [0.2, 0.25) is 5.91 Å². The number of rotatable bonds is 6. The van der Waals surface area contributed by atoms with Gasteiger partial charge in [-0.15, -0.1) is 0 Å². The molecule has 2 heterocycles. The normalized spacial score (nSPS) is 25.7. The van der Waals surface area contributed by atoms with Gasteiger partial charge >= 0.3 is 5.97 Å². The van der Waals surface area contributed by atoms with E-state index >= 15 is 0 Å². The molecule has 6 heteroatoms. The molecule has 2 bridgehead atoms. The molecule has 1 amide bonds. The quantitative estimate of drug-likeness (QED) is 0.777. The molecule has 2 N–H and O–H groups in total. The van der Waals surface area contributed by atoms with Gasteiger partial charge in [-0.3, -0.25) is 4.79 Å². The Kier molecular flexibility index (Phi) is 4.26. The number of carboxylic acids is 1. The molecule has 23 heavy (non-hydrogen) atoms. The topological polar surface area (TPSA) is 87.1 Å². The molecule has 0 aliphatic carbocycles. The first kappa shape index (κ1) is 15.8. The summed E-state index contributed by atoms with van der Waals surface area (Å²) < 4.78 is 5.39. The molecule has 2 aliphatic rings. The Bertz CT molecular complexity index is 617. The summed E-state index contributed by atoms with van der Waals surface area (Å²) in [5, 5.41) is 18.9. The summed E-state index contributed by atoms with van der Waals surface area (Å²) >= 11 is 0. The fraction of sp³-hybridized carbons (Fsp3) is 0.529. The van der Waals surface area contributed by atoms with E-state index in [4.69, 9.17) is 4.74 Å². The molecule has 3 rings (SSSR count). The van der Waals surface area contributed by atoms with E-state index < -0.39 is 11.5 Å². The molecule has 0 radical (unpaired) electrons. The number of unbranched alkanes of at least 4 members (excludes halogenated alkanes) is 1. The minimum atomic E-state index is -1.15. The number of carbonyl (C=O) groups is 2. The van der Waals surface area contributed by atoms with Gasteiger partial charge in [0.1, 0.15) is 5.75 Å². The SMILES string of the molecule is O=C(CCCCc1cccc(O)c1)N1CC2CC1(C(=O)O)CO2. The zero-order valence-corrected chi connectivity index (χ0v) is 12.9. The lowest BCUT2D eigenvalue weighted by Gasteiger charge is -2.34. The Morgan fingerprint density at radius 3 is 2.87 bits per heavy atom. The van der Waals surface area contributed by atoms with E-state index in [1.165, 1.54) is 4.90 Å². The van der Waals surface area contributed by atoms with Crippen molar-refractivity contribution < 1.29 is 24.5 Å². The molecule has 0 aromatic heterocycles. The Balaban J connectivity index is 1.49. The van der Waals surface area contributed by atoms with Gasteiger partial charge in [-0.1, -0.05) is 12.1 Å². The van der Waals surface area contributed by atoms with Gasteiger partial charge in [0.15, 0.2) is 5.54 Å². The first-order valence-electron chi connectivity index (χ1n) is 7.95. The number of phenolic OH excluding ortho intramolecular Hbond substituents is 1. The van der Waals surface area contributed by atoms with Gasteiger partial charge in [-0.05, 0) is 37.0 Å². The molecule has 1 aromatic carbocycles. The fourth-order valence-electron chi connectivity index (χ4n) is 3.49. The maximum atomic E-state index is 12.4. The third kappa shape index (κ3) is 3.03. The number of fused-ring (bicyclic) bond motifs is 2. The third-order valence-corrected chi connectivity index (χ3v) is 4.74. The number of carboxylic acid groups (broad SMARTS) is 1. The van der Waals surface area contributed by atoms with Crippen LogP contribution in [0.2, 0.25) is 0 Å². The molecule has 2 atom stereocenters. The lowest BCUT2D eigenvalue weighted by atomic mass is 9.98. The smallest absolute Gasteiger partial charge is 0.332 e. The molecule has 0 spiro atoms. The van der Waals surface area contributed by atoms with E-state index in [1.54, 1.807) is 18.2 Å². The van der Waals surface area contributed by atoms with Gasteiger partial charge < -0.3 is 19.8 Å². The second-order valence-corrected chi connectivity index (χ2v) is 6.36. The lowest BCUT2D eigenvalue weighted by molar-refractivity contribution is -0.161. The number of aromatic hydroxyl groups is 1. The number of phenols is 1. The van der Waals surface area contributed by atoms with Crippen molar-refractivity contribution in [1.82, 2.24) is 4.90 Å². The molecule has 124 valence electrons. The lowest BCUT2D eigenvalue weighted by Crippen LogP contribution is -2.56. The van der Waals surface area contributed by atoms with Crippen LogP contribution in [0.15, 0.2) is 24.3 Å². The molecule has 2 fully saturated rings. The second-order valence-electron chi connectivity index (χ2n) is 6.36. The van der Waals surface area contributed by atoms with Gasteiger partial charge in [-0.25, -0.2) is 4.79 Å². The minimum Gasteiger partial charge on any atom is -0.508 e. The predicted octanol–water partition coefficient (Wildman–Crippen LogP) is 1.56. The number of morpholine rings is 1. The third-order valence-electron chi connectivity index (χ3n) is 4.74. The van der Waals surface area contributed by atoms with E-state index in [2.05, 4.69) is 0 Å². The van der Waals surface area contributed by atoms with E-state index in [9.17, 15) is 19.8 Å². The Morgan fingerprint density at radius 2 is 2.17 bits per heavy atom. The van der Waals surface area contributed by atoms with Crippen LogP contribution in [0, 0.1) is 0 Å². The monoisotopic (exact) mass is 319 g/mol. The minimum absolute atomic E-state index is 0.0992. The maximum Gasteiger partial charge on any atom is 0.332 e. The molecule has 2 aliphatic heterocycles. The first-order chi connectivity index (χ1) is 11.0. The van der Waals surface area contributed by atoms with Crippen LogP contribution in [0.4, 0.5) is 0 Å². The van der Waals surface area contributed by atoms with Crippen molar-refractivity contribution in [1.29, 1.82) is 0 Å². The number of carbonyl (C=O) groups excluding carboxylic acids is 1. The van der Waals surface area contributed by atoms with E-state index in [1.807, 2.05) is 6.07 Å². The molecule has 2 unspecified atom stereocenters. The van der Waals surface area contributed by atoms with Gasteiger partial charge in [0.25, 0.3) is 0 Å². The van der Waals surface area contributed by atoms with Crippen LogP contribution in [0.1, 0.15) is 31.2 Å². The second kappa shape index (κ2) is 6.20. The molecule has 1 aromatic rings. The molecule has 6 nitrogen and oxygen atoms in total. The highest BCUT2D eigenvalue weighted by atomic mass is 16.5. The summed E-state index contributed by atoms with van der Waals surface area (Å²) in [6.07, 6.45) is 2.92. The standard InChI is InChI=1S/C17H21NO5/c19-13-6-3-5-12(8-13)4-1-2-7-15(20)18-10-14-9-17(18,11-23-14)16(21)22/h3,5-6,8,14,19H,1-2,4,7,9-11H2,(H,21,22). The van der Waals surface area contributed by atoms with E-state index in [-0.39, 0.29) is 24.4 Å². The van der Waals surface area contributed by atoms with Crippen LogP contribution in [0.3, 0.4) is 0 Å². The van der Waals surface area contributed by atoms with Gasteiger partial charge in [0.05, 0.1) is 12.7 Å². The number of aliphatic carboxylic acids is 1. The van der Waals surface area contributed by atoms with E-state index in [0.29, 0.717) is 25.8 Å². The van der Waals surface area contributed by atoms with Gasteiger partial charge in [-0.2, -0.15) is 0 Å². The van der Waals surface area contributed by atoms with Gasteiger partial charge in [0, 0.05) is 19.4 Å². The number of likely N-dealkylation sites (tertiary alicyclic amines) is 1. The zero-order valence-electron chi connectivity index (χ0n) is 12.9. The van der Waals surface area contributed by atoms with Crippen LogP contribution in [0.5, 0.6) is 5.75 Å². The number of hydrogen-bond acceptors (Lipinski definition) is 4. The zero-order chi connectivity index (χ0) is 16.4. The summed E-state index contributed by atoms with van der Waals surface area (Å²) in [7, 11) is 0. The average Bonchev–Trinajstić information content (AvgIpc) is 3.11. The molecule has 0 saturated carbocycles. The molecular weight excluding hydrogens is 298 g/mol. The number of amides is 1. The predicted molar refractivity (Wildman–Crippen MR) is 82.1 cm³/mol. The summed E-state index contributed by atoms with van der Waals surface area (Å²) in [4.78, 5) is 25.4. The van der Waals surface area contributed by atoms with Crippen LogP contribution < -0.4 is 0 Å². The van der Waals surface area contributed by atoms with Crippen LogP contribution >= 0.6 is 0 Å². The number of ether oxygens (including phenoxy) is 1. The van der Waals surface area contributed by atoms with Crippen molar-refractivity contribution in [2.24, 2.45) is 0 Å². The summed E-state index contributed by atoms with van der Waals surface area (Å²) in [6, 6.07) is 7.09. The van der Waals surface area contributed by atoms with Crippen LogP contribution in [-0.4, -0.2) is 51.8 Å². The Morgan fingerprint density at radius 1 is 1.35 bits per heavy atom. The summed E-state index contributed by atoms with van der Waals surface area (Å²) in [6.45, 7) is 0.486. The number of aryl methyl sites for hydroxylation is 1. The average molecular weight is 319 g/mol. The highest BCUT2D eigenvalue weighted by Crippen LogP contribution is 2.38. The number of hydrogen-bond donors (Lipinski definition) is 2. The summed E-state index contributed by atoms with van der Waals surface area (Å²) in [5.41, 5.74) is -0.111. The maximum absolute atomic E-state index is 12.4. The highest BCUT2D eigenvalue weighted by Gasteiger charge is 2.58. The summed E-state index contributed by atoms with van der Waals surface area (Å²) in [5.74, 6) is -0.824. The Labute approximate surface area is 134 Å². The molecule has 2 saturated heterocycles. The fourth-order valence-corrected chi connectivity index (χ4v) is 3.49.